The Balaban J connectivity index is 2.88. The molecule has 1 N–H and O–H groups in total. The molecule has 1 rings (SSSR count). The number of phenols is 1. The van der Waals surface area contributed by atoms with Crippen LogP contribution in [0.2, 0.25) is 0 Å². The third kappa shape index (κ3) is 2.90. The van der Waals surface area contributed by atoms with Gasteiger partial charge in [0.25, 0.3) is 0 Å². The summed E-state index contributed by atoms with van der Waals surface area (Å²) in [4.78, 5) is 0. The molecule has 0 aliphatic carbocycles. The Morgan fingerprint density at radius 2 is 1.81 bits per heavy atom. The number of phenolic OH excluding ortho intramolecular Hbond substituents is 1. The molecule has 0 unspecified atom stereocenters. The van der Waals surface area contributed by atoms with Crippen LogP contribution < -0.4 is 9.47 Å². The van der Waals surface area contributed by atoms with Crippen LogP contribution in [0.4, 0.5) is 0 Å². The van der Waals surface area contributed by atoms with E-state index in [1.165, 1.54) is 14.2 Å². The molecule has 0 aliphatic rings. The summed E-state index contributed by atoms with van der Waals surface area (Å²) < 4.78 is 15.4. The van der Waals surface area contributed by atoms with Crippen LogP contribution in [0.3, 0.4) is 0 Å². The summed E-state index contributed by atoms with van der Waals surface area (Å²) in [5.41, 5.74) is 0.869. The maximum atomic E-state index is 9.68. The minimum Gasteiger partial charge on any atom is -0.502 e. The lowest BCUT2D eigenvalue weighted by molar-refractivity contribution is 0.148. The average Bonchev–Trinajstić information content (AvgIpc) is 2.31. The fraction of sp³-hybridized carbons (Fsp3) is 0.333. The summed E-state index contributed by atoms with van der Waals surface area (Å²) >= 11 is 0. The van der Waals surface area contributed by atoms with Crippen LogP contribution in [0.15, 0.2) is 24.8 Å². The minimum atomic E-state index is -0.00234. The summed E-state index contributed by atoms with van der Waals surface area (Å²) in [5.74, 6) is 0.741. The number of methoxy groups -OCH3 is 2. The van der Waals surface area contributed by atoms with E-state index in [0.717, 1.165) is 5.56 Å². The molecule has 0 radical (unpaired) electrons. The van der Waals surface area contributed by atoms with E-state index in [1.54, 1.807) is 18.2 Å². The summed E-state index contributed by atoms with van der Waals surface area (Å²) in [7, 11) is 2.98. The Bertz CT molecular complexity index is 335. The van der Waals surface area contributed by atoms with Gasteiger partial charge < -0.3 is 19.3 Å². The van der Waals surface area contributed by atoms with Crippen LogP contribution in [0.25, 0.3) is 0 Å². The standard InChI is InChI=1S/C12H16O4/c1-4-5-16-8-9-6-10(14-2)12(13)11(7-9)15-3/h4,6-7,13H,1,5,8H2,2-3H3. The van der Waals surface area contributed by atoms with E-state index >= 15 is 0 Å². The zero-order valence-electron chi connectivity index (χ0n) is 9.53. The van der Waals surface area contributed by atoms with E-state index in [0.29, 0.717) is 24.7 Å². The Hall–Kier alpha value is -1.68. The van der Waals surface area contributed by atoms with Crippen molar-refractivity contribution in [2.24, 2.45) is 0 Å². The molecule has 1 aromatic rings. The normalized spacial score (nSPS) is 9.88. The maximum Gasteiger partial charge on any atom is 0.200 e. The lowest BCUT2D eigenvalue weighted by Gasteiger charge is -2.11. The lowest BCUT2D eigenvalue weighted by atomic mass is 10.2. The van der Waals surface area contributed by atoms with Crippen molar-refractivity contribution in [3.8, 4) is 17.2 Å². The second-order valence-corrected chi connectivity index (χ2v) is 3.15. The molecule has 4 heteroatoms. The lowest BCUT2D eigenvalue weighted by Crippen LogP contribution is -1.96. The molecule has 0 saturated carbocycles. The van der Waals surface area contributed by atoms with E-state index in [1.807, 2.05) is 0 Å². The first-order valence-electron chi connectivity index (χ1n) is 4.85. The zero-order chi connectivity index (χ0) is 12.0. The zero-order valence-corrected chi connectivity index (χ0v) is 9.53. The third-order valence-corrected chi connectivity index (χ3v) is 2.04. The largest absolute Gasteiger partial charge is 0.502 e. The first kappa shape index (κ1) is 12.4. The van der Waals surface area contributed by atoms with E-state index in [9.17, 15) is 5.11 Å². The second kappa shape index (κ2) is 6.02. The highest BCUT2D eigenvalue weighted by Crippen LogP contribution is 2.37. The van der Waals surface area contributed by atoms with Crippen LogP contribution in [-0.2, 0) is 11.3 Å². The molecule has 1 aromatic carbocycles. The smallest absolute Gasteiger partial charge is 0.200 e. The molecule has 4 nitrogen and oxygen atoms in total. The summed E-state index contributed by atoms with van der Waals surface area (Å²) in [5, 5.41) is 9.68. The Morgan fingerprint density at radius 1 is 1.25 bits per heavy atom. The summed E-state index contributed by atoms with van der Waals surface area (Å²) in [6, 6.07) is 3.42. The second-order valence-electron chi connectivity index (χ2n) is 3.15. The van der Waals surface area contributed by atoms with Gasteiger partial charge in [-0.3, -0.25) is 0 Å². The first-order chi connectivity index (χ1) is 7.72. The minimum absolute atomic E-state index is 0.00234. The molecule has 0 aromatic heterocycles. The van der Waals surface area contributed by atoms with Crippen molar-refractivity contribution in [1.29, 1.82) is 0 Å². The van der Waals surface area contributed by atoms with Gasteiger partial charge >= 0.3 is 0 Å². The highest BCUT2D eigenvalue weighted by molar-refractivity contribution is 5.52. The van der Waals surface area contributed by atoms with Crippen molar-refractivity contribution < 1.29 is 19.3 Å². The van der Waals surface area contributed by atoms with Crippen LogP contribution >= 0.6 is 0 Å². The van der Waals surface area contributed by atoms with E-state index in [-0.39, 0.29) is 5.75 Å². The molecule has 0 amide bonds. The van der Waals surface area contributed by atoms with Gasteiger partial charge in [0.15, 0.2) is 11.5 Å². The Morgan fingerprint density at radius 3 is 2.25 bits per heavy atom. The molecule has 0 bridgehead atoms. The van der Waals surface area contributed by atoms with Gasteiger partial charge in [-0.05, 0) is 17.7 Å². The SMILES string of the molecule is C=CCOCc1cc(OC)c(O)c(OC)c1. The number of hydrogen-bond acceptors (Lipinski definition) is 4. The highest BCUT2D eigenvalue weighted by atomic mass is 16.5. The number of rotatable bonds is 6. The fourth-order valence-corrected chi connectivity index (χ4v) is 1.29. The average molecular weight is 224 g/mol. The molecule has 0 spiro atoms. The van der Waals surface area contributed by atoms with Crippen molar-refractivity contribution in [1.82, 2.24) is 0 Å². The fourth-order valence-electron chi connectivity index (χ4n) is 1.29. The van der Waals surface area contributed by atoms with Gasteiger partial charge in [-0.25, -0.2) is 0 Å². The first-order valence-corrected chi connectivity index (χ1v) is 4.85. The predicted octanol–water partition coefficient (Wildman–Crippen LogP) is 2.11. The molecule has 0 heterocycles. The predicted molar refractivity (Wildman–Crippen MR) is 61.1 cm³/mol. The monoisotopic (exact) mass is 224 g/mol. The van der Waals surface area contributed by atoms with Crippen molar-refractivity contribution in [3.63, 3.8) is 0 Å². The Labute approximate surface area is 95.1 Å². The van der Waals surface area contributed by atoms with E-state index in [4.69, 9.17) is 14.2 Å². The van der Waals surface area contributed by atoms with Crippen LogP contribution in [0.1, 0.15) is 5.56 Å². The van der Waals surface area contributed by atoms with Crippen LogP contribution in [-0.4, -0.2) is 25.9 Å². The van der Waals surface area contributed by atoms with E-state index in [2.05, 4.69) is 6.58 Å². The van der Waals surface area contributed by atoms with Gasteiger partial charge in [0.2, 0.25) is 5.75 Å². The number of hydrogen-bond donors (Lipinski definition) is 1. The topological polar surface area (TPSA) is 47.9 Å². The van der Waals surface area contributed by atoms with Crippen LogP contribution in [0.5, 0.6) is 17.2 Å². The Kier molecular flexibility index (Phi) is 4.66. The van der Waals surface area contributed by atoms with Gasteiger partial charge in [0, 0.05) is 0 Å². The van der Waals surface area contributed by atoms with Crippen molar-refractivity contribution in [3.05, 3.63) is 30.4 Å². The molecule has 0 aliphatic heterocycles. The molecule has 16 heavy (non-hydrogen) atoms. The van der Waals surface area contributed by atoms with Gasteiger partial charge in [0.1, 0.15) is 0 Å². The van der Waals surface area contributed by atoms with Crippen molar-refractivity contribution >= 4 is 0 Å². The number of ether oxygens (including phenoxy) is 3. The molecular formula is C12H16O4. The summed E-state index contributed by atoms with van der Waals surface area (Å²) in [6.07, 6.45) is 1.68. The highest BCUT2D eigenvalue weighted by Gasteiger charge is 2.10. The molecule has 0 fully saturated rings. The number of aromatic hydroxyl groups is 1. The molecule has 0 saturated heterocycles. The van der Waals surface area contributed by atoms with E-state index < -0.39 is 0 Å². The number of benzene rings is 1. The summed E-state index contributed by atoms with van der Waals surface area (Å²) in [6.45, 7) is 4.45. The maximum absolute atomic E-state index is 9.68. The van der Waals surface area contributed by atoms with Gasteiger partial charge in [-0.1, -0.05) is 6.08 Å². The molecular weight excluding hydrogens is 208 g/mol. The molecule has 0 atom stereocenters. The third-order valence-electron chi connectivity index (χ3n) is 2.04. The quantitative estimate of drug-likeness (QED) is 0.594. The van der Waals surface area contributed by atoms with Gasteiger partial charge in [0.05, 0.1) is 27.4 Å². The van der Waals surface area contributed by atoms with Crippen LogP contribution in [0, 0.1) is 0 Å². The van der Waals surface area contributed by atoms with Crippen molar-refractivity contribution in [2.75, 3.05) is 20.8 Å². The van der Waals surface area contributed by atoms with Gasteiger partial charge in [-0.15, -0.1) is 6.58 Å². The molecule has 88 valence electrons. The van der Waals surface area contributed by atoms with Gasteiger partial charge in [-0.2, -0.15) is 0 Å². The van der Waals surface area contributed by atoms with Crippen molar-refractivity contribution in [2.45, 2.75) is 6.61 Å².